The molecule has 0 bridgehead atoms. The number of ketones is 1. The van der Waals surface area contributed by atoms with E-state index in [0.29, 0.717) is 29.6 Å². The smallest absolute Gasteiger partial charge is 0.136 e. The molecule has 86 valence electrons. The van der Waals surface area contributed by atoms with E-state index in [4.69, 9.17) is 4.74 Å². The summed E-state index contributed by atoms with van der Waals surface area (Å²) in [5.41, 5.74) is 0. The molecule has 2 saturated carbocycles. The molecule has 0 amide bonds. The lowest BCUT2D eigenvalue weighted by molar-refractivity contribution is -0.132. The number of methoxy groups -OCH3 is 1. The average Bonchev–Trinajstić information content (AvgIpc) is 2.28. The van der Waals surface area contributed by atoms with Gasteiger partial charge in [-0.2, -0.15) is 0 Å². The van der Waals surface area contributed by atoms with E-state index >= 15 is 0 Å². The molecule has 0 aromatic carbocycles. The van der Waals surface area contributed by atoms with Crippen LogP contribution >= 0.6 is 0 Å². The second-order valence-electron chi connectivity index (χ2n) is 5.22. The van der Waals surface area contributed by atoms with Gasteiger partial charge in [0.15, 0.2) is 0 Å². The number of carbonyl (C=O) groups is 1. The Morgan fingerprint density at radius 3 is 2.80 bits per heavy atom. The minimum absolute atomic E-state index is 0.325. The van der Waals surface area contributed by atoms with Crippen LogP contribution < -0.4 is 0 Å². The Morgan fingerprint density at radius 2 is 2.13 bits per heavy atom. The minimum atomic E-state index is 0.325. The lowest BCUT2D eigenvalue weighted by Crippen LogP contribution is -2.39. The minimum Gasteiger partial charge on any atom is -0.381 e. The second kappa shape index (κ2) is 4.65. The second-order valence-corrected chi connectivity index (χ2v) is 5.22. The summed E-state index contributed by atoms with van der Waals surface area (Å²) >= 11 is 0. The quantitative estimate of drug-likeness (QED) is 0.700. The fraction of sp³-hybridized carbons (Fsp3) is 0.923. The highest BCUT2D eigenvalue weighted by atomic mass is 16.5. The molecule has 4 unspecified atom stereocenters. The Labute approximate surface area is 92.4 Å². The Hall–Kier alpha value is -0.370. The summed E-state index contributed by atoms with van der Waals surface area (Å²) < 4.78 is 5.39. The number of hydrogen-bond acceptors (Lipinski definition) is 2. The van der Waals surface area contributed by atoms with E-state index in [1.807, 2.05) is 0 Å². The Kier molecular flexibility index (Phi) is 3.45. The SMILES string of the molecule is CCC1CC(=O)C2CC(OC)CCC2C1. The molecule has 0 radical (unpaired) electrons. The maximum Gasteiger partial charge on any atom is 0.136 e. The Bertz CT molecular complexity index is 237. The number of fused-ring (bicyclic) bond motifs is 1. The summed E-state index contributed by atoms with van der Waals surface area (Å²) in [7, 11) is 1.77. The van der Waals surface area contributed by atoms with Gasteiger partial charge in [0.25, 0.3) is 0 Å². The summed E-state index contributed by atoms with van der Waals surface area (Å²) in [6.07, 6.45) is 6.96. The van der Waals surface area contributed by atoms with Crippen LogP contribution in [0.1, 0.15) is 45.4 Å². The molecule has 0 aromatic heterocycles. The molecule has 2 aliphatic carbocycles. The first-order valence-electron chi connectivity index (χ1n) is 6.30. The highest BCUT2D eigenvalue weighted by Gasteiger charge is 2.39. The van der Waals surface area contributed by atoms with Gasteiger partial charge in [-0.25, -0.2) is 0 Å². The van der Waals surface area contributed by atoms with Crippen molar-refractivity contribution in [2.45, 2.75) is 51.6 Å². The molecule has 2 aliphatic rings. The molecule has 0 aromatic rings. The van der Waals surface area contributed by atoms with Gasteiger partial charge < -0.3 is 4.74 Å². The Morgan fingerprint density at radius 1 is 1.33 bits per heavy atom. The molecule has 4 atom stereocenters. The van der Waals surface area contributed by atoms with Crippen LogP contribution in [0.5, 0.6) is 0 Å². The molecule has 2 heteroatoms. The number of ether oxygens (including phenoxy) is 1. The summed E-state index contributed by atoms with van der Waals surface area (Å²) in [5, 5.41) is 0. The summed E-state index contributed by atoms with van der Waals surface area (Å²) in [5.74, 6) is 2.17. The lowest BCUT2D eigenvalue weighted by atomic mass is 9.66. The van der Waals surface area contributed by atoms with Crippen LogP contribution in [0.2, 0.25) is 0 Å². The van der Waals surface area contributed by atoms with Gasteiger partial charge in [0, 0.05) is 19.4 Å². The van der Waals surface area contributed by atoms with Crippen LogP contribution in [0, 0.1) is 17.8 Å². The van der Waals surface area contributed by atoms with Crippen molar-refractivity contribution in [2.24, 2.45) is 17.8 Å². The first-order valence-corrected chi connectivity index (χ1v) is 6.30. The Balaban J connectivity index is 2.00. The molecule has 2 nitrogen and oxygen atoms in total. The van der Waals surface area contributed by atoms with E-state index in [0.717, 1.165) is 19.3 Å². The van der Waals surface area contributed by atoms with Crippen molar-refractivity contribution >= 4 is 5.78 Å². The van der Waals surface area contributed by atoms with Crippen molar-refractivity contribution in [2.75, 3.05) is 7.11 Å². The van der Waals surface area contributed by atoms with Crippen molar-refractivity contribution in [1.29, 1.82) is 0 Å². The van der Waals surface area contributed by atoms with E-state index in [9.17, 15) is 4.79 Å². The van der Waals surface area contributed by atoms with Crippen molar-refractivity contribution < 1.29 is 9.53 Å². The predicted octanol–water partition coefficient (Wildman–Crippen LogP) is 2.81. The fourth-order valence-corrected chi connectivity index (χ4v) is 3.34. The van der Waals surface area contributed by atoms with E-state index < -0.39 is 0 Å². The van der Waals surface area contributed by atoms with Gasteiger partial charge in [-0.3, -0.25) is 4.79 Å². The molecular weight excluding hydrogens is 188 g/mol. The summed E-state index contributed by atoms with van der Waals surface area (Å²) in [4.78, 5) is 12.0. The van der Waals surface area contributed by atoms with Crippen molar-refractivity contribution in [1.82, 2.24) is 0 Å². The largest absolute Gasteiger partial charge is 0.381 e. The standard InChI is InChI=1S/C13H22O2/c1-3-9-6-10-4-5-11(15-2)8-12(10)13(14)7-9/h9-12H,3-8H2,1-2H3. The van der Waals surface area contributed by atoms with Crippen LogP contribution in [0.25, 0.3) is 0 Å². The maximum absolute atomic E-state index is 12.0. The van der Waals surface area contributed by atoms with E-state index in [1.54, 1.807) is 7.11 Å². The molecule has 15 heavy (non-hydrogen) atoms. The van der Waals surface area contributed by atoms with Crippen LogP contribution in [0.4, 0.5) is 0 Å². The molecule has 0 spiro atoms. The third-order valence-electron chi connectivity index (χ3n) is 4.40. The molecule has 2 fully saturated rings. The van der Waals surface area contributed by atoms with Gasteiger partial charge in [-0.05, 0) is 37.5 Å². The van der Waals surface area contributed by atoms with Crippen molar-refractivity contribution in [3.05, 3.63) is 0 Å². The van der Waals surface area contributed by atoms with Gasteiger partial charge in [-0.1, -0.05) is 13.3 Å². The van der Waals surface area contributed by atoms with Gasteiger partial charge >= 0.3 is 0 Å². The van der Waals surface area contributed by atoms with Crippen molar-refractivity contribution in [3.63, 3.8) is 0 Å². The first kappa shape index (κ1) is 11.1. The van der Waals surface area contributed by atoms with E-state index in [1.165, 1.54) is 19.3 Å². The monoisotopic (exact) mass is 210 g/mol. The zero-order valence-electron chi connectivity index (χ0n) is 9.87. The van der Waals surface area contributed by atoms with Crippen LogP contribution in [0.15, 0.2) is 0 Å². The van der Waals surface area contributed by atoms with E-state index in [-0.39, 0.29) is 0 Å². The van der Waals surface area contributed by atoms with Gasteiger partial charge in [0.05, 0.1) is 6.10 Å². The van der Waals surface area contributed by atoms with Crippen molar-refractivity contribution in [3.8, 4) is 0 Å². The lowest BCUT2D eigenvalue weighted by Gasteiger charge is -2.40. The number of rotatable bonds is 2. The molecule has 0 heterocycles. The number of hydrogen-bond donors (Lipinski definition) is 0. The molecule has 0 aliphatic heterocycles. The van der Waals surface area contributed by atoms with Crippen LogP contribution in [-0.4, -0.2) is 19.0 Å². The number of Topliss-reactive ketones (excluding diaryl/α,β-unsaturated/α-hetero) is 1. The highest BCUT2D eigenvalue weighted by Crippen LogP contribution is 2.42. The molecular formula is C13H22O2. The predicted molar refractivity (Wildman–Crippen MR) is 59.7 cm³/mol. The third kappa shape index (κ3) is 2.25. The summed E-state index contributed by atoms with van der Waals surface area (Å²) in [6, 6.07) is 0. The van der Waals surface area contributed by atoms with Gasteiger partial charge in [-0.15, -0.1) is 0 Å². The highest BCUT2D eigenvalue weighted by molar-refractivity contribution is 5.82. The van der Waals surface area contributed by atoms with Gasteiger partial charge in [0.2, 0.25) is 0 Å². The van der Waals surface area contributed by atoms with E-state index in [2.05, 4.69) is 6.92 Å². The first-order chi connectivity index (χ1) is 7.24. The fourth-order valence-electron chi connectivity index (χ4n) is 3.34. The van der Waals surface area contributed by atoms with Crippen LogP contribution in [0.3, 0.4) is 0 Å². The normalized spacial score (nSPS) is 41.3. The topological polar surface area (TPSA) is 26.3 Å². The molecule has 0 saturated heterocycles. The van der Waals surface area contributed by atoms with Crippen LogP contribution in [-0.2, 0) is 9.53 Å². The van der Waals surface area contributed by atoms with Gasteiger partial charge in [0.1, 0.15) is 5.78 Å². The zero-order chi connectivity index (χ0) is 10.8. The average molecular weight is 210 g/mol. The molecule has 2 rings (SSSR count). The maximum atomic E-state index is 12.0. The number of carbonyl (C=O) groups excluding carboxylic acids is 1. The zero-order valence-corrected chi connectivity index (χ0v) is 9.87. The third-order valence-corrected chi connectivity index (χ3v) is 4.40. The molecule has 0 N–H and O–H groups in total. The summed E-state index contributed by atoms with van der Waals surface area (Å²) in [6.45, 7) is 2.21.